The maximum atomic E-state index is 13.1. The van der Waals surface area contributed by atoms with Crippen molar-refractivity contribution in [2.45, 2.75) is 38.8 Å². The largest absolute Gasteiger partial charge is 0.389 e. The number of unbranched alkanes of at least 4 members (excludes halogenated alkanes) is 1. The number of aliphatic imine (C=N–C) groups is 1. The van der Waals surface area contributed by atoms with Crippen molar-refractivity contribution < 1.29 is 17.6 Å². The molecule has 0 aromatic heterocycles. The van der Waals surface area contributed by atoms with Crippen molar-refractivity contribution in [2.75, 3.05) is 19.6 Å². The summed E-state index contributed by atoms with van der Waals surface area (Å²) < 4.78 is 49.2. The fourth-order valence-electron chi connectivity index (χ4n) is 1.99. The fourth-order valence-corrected chi connectivity index (χ4v) is 1.99. The molecular formula is C16H24F4IN3. The van der Waals surface area contributed by atoms with Crippen molar-refractivity contribution in [3.63, 3.8) is 0 Å². The van der Waals surface area contributed by atoms with E-state index in [9.17, 15) is 17.6 Å². The molecule has 0 saturated heterocycles. The third-order valence-corrected chi connectivity index (χ3v) is 3.08. The molecule has 0 saturated carbocycles. The van der Waals surface area contributed by atoms with Crippen molar-refractivity contribution in [3.05, 3.63) is 35.6 Å². The van der Waals surface area contributed by atoms with Crippen molar-refractivity contribution in [3.8, 4) is 0 Å². The van der Waals surface area contributed by atoms with E-state index in [-0.39, 0.29) is 36.2 Å². The van der Waals surface area contributed by atoms with E-state index in [2.05, 4.69) is 15.6 Å². The summed E-state index contributed by atoms with van der Waals surface area (Å²) in [5.74, 6) is 0.295. The monoisotopic (exact) mass is 461 g/mol. The number of nitrogens with zero attached hydrogens (tertiary/aromatic N) is 1. The number of rotatable bonds is 8. The average molecular weight is 461 g/mol. The van der Waals surface area contributed by atoms with Crippen LogP contribution in [0.3, 0.4) is 0 Å². The second-order valence-electron chi connectivity index (χ2n) is 5.14. The lowest BCUT2D eigenvalue weighted by atomic mass is 10.1. The van der Waals surface area contributed by atoms with Gasteiger partial charge in [-0.05, 0) is 43.9 Å². The van der Waals surface area contributed by atoms with E-state index in [4.69, 9.17) is 0 Å². The maximum absolute atomic E-state index is 13.1. The van der Waals surface area contributed by atoms with Crippen LogP contribution in [0.4, 0.5) is 17.6 Å². The third kappa shape index (κ3) is 11.5. The smallest absolute Gasteiger partial charge is 0.357 e. The van der Waals surface area contributed by atoms with Gasteiger partial charge in [0.1, 0.15) is 5.82 Å². The summed E-state index contributed by atoms with van der Waals surface area (Å²) in [4.78, 5) is 4.23. The average Bonchev–Trinajstić information content (AvgIpc) is 2.45. The molecule has 1 aromatic rings. The Kier molecular flexibility index (Phi) is 11.8. The molecule has 0 aliphatic carbocycles. The molecule has 0 heterocycles. The Bertz CT molecular complexity index is 492. The van der Waals surface area contributed by atoms with Crippen LogP contribution in [0.2, 0.25) is 0 Å². The third-order valence-electron chi connectivity index (χ3n) is 3.08. The molecule has 1 rings (SSSR count). The number of hydrogen-bond donors (Lipinski definition) is 2. The number of hydrogen-bond acceptors (Lipinski definition) is 1. The van der Waals surface area contributed by atoms with Crippen LogP contribution in [0.15, 0.2) is 29.3 Å². The van der Waals surface area contributed by atoms with Crippen molar-refractivity contribution in [1.82, 2.24) is 10.6 Å². The van der Waals surface area contributed by atoms with Gasteiger partial charge in [0.15, 0.2) is 5.96 Å². The molecule has 1 aromatic carbocycles. The Morgan fingerprint density at radius 2 is 1.92 bits per heavy atom. The summed E-state index contributed by atoms with van der Waals surface area (Å²) in [6, 6.07) is 6.36. The first-order valence-corrected chi connectivity index (χ1v) is 7.74. The van der Waals surface area contributed by atoms with Gasteiger partial charge in [0.25, 0.3) is 0 Å². The minimum Gasteiger partial charge on any atom is -0.357 e. The predicted molar refractivity (Wildman–Crippen MR) is 99.4 cm³/mol. The maximum Gasteiger partial charge on any atom is 0.389 e. The standard InChI is InChI=1S/C16H23F4N3.HI/c1-2-21-15(22-10-4-3-9-16(18,19)20)23-11-8-13-6-5-7-14(17)12-13;/h5-7,12H,2-4,8-11H2,1H3,(H2,21,22,23);1H. The summed E-state index contributed by atoms with van der Waals surface area (Å²) in [6.45, 7) is 3.48. The van der Waals surface area contributed by atoms with Crippen LogP contribution in [0, 0.1) is 5.82 Å². The Labute approximate surface area is 157 Å². The minimum atomic E-state index is -4.10. The zero-order valence-electron chi connectivity index (χ0n) is 13.6. The van der Waals surface area contributed by atoms with Crippen LogP contribution >= 0.6 is 24.0 Å². The van der Waals surface area contributed by atoms with Gasteiger partial charge in [-0.2, -0.15) is 13.2 Å². The van der Waals surface area contributed by atoms with Gasteiger partial charge in [-0.15, -0.1) is 24.0 Å². The SMILES string of the molecule is CCNC(=NCCCCC(F)(F)F)NCCc1cccc(F)c1.I. The van der Waals surface area contributed by atoms with Gasteiger partial charge in [-0.25, -0.2) is 4.39 Å². The molecule has 0 aliphatic rings. The number of guanidine groups is 1. The van der Waals surface area contributed by atoms with Gasteiger partial charge in [-0.3, -0.25) is 4.99 Å². The fraction of sp³-hybridized carbons (Fsp3) is 0.562. The zero-order chi connectivity index (χ0) is 17.1. The van der Waals surface area contributed by atoms with Crippen molar-refractivity contribution in [1.29, 1.82) is 0 Å². The van der Waals surface area contributed by atoms with E-state index in [0.29, 0.717) is 38.4 Å². The summed E-state index contributed by atoms with van der Waals surface area (Å²) in [7, 11) is 0. The molecule has 24 heavy (non-hydrogen) atoms. The summed E-state index contributed by atoms with van der Waals surface area (Å²) in [5.41, 5.74) is 0.874. The topological polar surface area (TPSA) is 36.4 Å². The van der Waals surface area contributed by atoms with Crippen molar-refractivity contribution in [2.24, 2.45) is 4.99 Å². The molecule has 0 unspecified atom stereocenters. The summed E-state index contributed by atoms with van der Waals surface area (Å²) in [5, 5.41) is 6.12. The molecule has 0 fully saturated rings. The quantitative estimate of drug-likeness (QED) is 0.200. The van der Waals surface area contributed by atoms with Gasteiger partial charge >= 0.3 is 6.18 Å². The van der Waals surface area contributed by atoms with E-state index < -0.39 is 12.6 Å². The minimum absolute atomic E-state index is 0. The Morgan fingerprint density at radius 3 is 2.54 bits per heavy atom. The number of benzene rings is 1. The van der Waals surface area contributed by atoms with Gasteiger partial charge in [-0.1, -0.05) is 12.1 Å². The highest BCUT2D eigenvalue weighted by Crippen LogP contribution is 2.21. The van der Waals surface area contributed by atoms with Crippen LogP contribution < -0.4 is 10.6 Å². The van der Waals surface area contributed by atoms with Gasteiger partial charge in [0.05, 0.1) is 0 Å². The zero-order valence-corrected chi connectivity index (χ0v) is 16.0. The van der Waals surface area contributed by atoms with E-state index in [1.54, 1.807) is 6.07 Å². The number of nitrogens with one attached hydrogen (secondary N) is 2. The highest BCUT2D eigenvalue weighted by atomic mass is 127. The van der Waals surface area contributed by atoms with Gasteiger partial charge in [0.2, 0.25) is 0 Å². The van der Waals surface area contributed by atoms with E-state index in [1.165, 1.54) is 12.1 Å². The van der Waals surface area contributed by atoms with Crippen LogP contribution in [0.1, 0.15) is 31.7 Å². The number of halogens is 5. The summed E-state index contributed by atoms with van der Waals surface area (Å²) >= 11 is 0. The molecule has 0 amide bonds. The van der Waals surface area contributed by atoms with Crippen molar-refractivity contribution >= 4 is 29.9 Å². The van der Waals surface area contributed by atoms with Crippen LogP contribution in [-0.4, -0.2) is 31.8 Å². The molecule has 0 atom stereocenters. The highest BCUT2D eigenvalue weighted by Gasteiger charge is 2.25. The molecule has 0 bridgehead atoms. The van der Waals surface area contributed by atoms with Crippen LogP contribution in [0.25, 0.3) is 0 Å². The molecule has 0 radical (unpaired) electrons. The van der Waals surface area contributed by atoms with Gasteiger partial charge < -0.3 is 10.6 Å². The Balaban J connectivity index is 0.00000529. The molecule has 2 N–H and O–H groups in total. The molecule has 8 heteroatoms. The molecule has 138 valence electrons. The molecule has 0 aliphatic heterocycles. The summed E-state index contributed by atoms with van der Waals surface area (Å²) in [6.07, 6.45) is -3.77. The Morgan fingerprint density at radius 1 is 1.17 bits per heavy atom. The number of alkyl halides is 3. The predicted octanol–water partition coefficient (Wildman–Crippen LogP) is 4.27. The lowest BCUT2D eigenvalue weighted by molar-refractivity contribution is -0.135. The van der Waals surface area contributed by atoms with E-state index >= 15 is 0 Å². The normalized spacial score (nSPS) is 11.8. The first-order chi connectivity index (χ1) is 10.9. The van der Waals surface area contributed by atoms with Gasteiger partial charge in [0, 0.05) is 26.1 Å². The highest BCUT2D eigenvalue weighted by molar-refractivity contribution is 14.0. The lowest BCUT2D eigenvalue weighted by Gasteiger charge is -2.11. The lowest BCUT2D eigenvalue weighted by Crippen LogP contribution is -2.38. The Hall–Kier alpha value is -1.06. The van der Waals surface area contributed by atoms with Crippen LogP contribution in [0.5, 0.6) is 0 Å². The molecule has 3 nitrogen and oxygen atoms in total. The van der Waals surface area contributed by atoms with E-state index in [1.807, 2.05) is 13.0 Å². The van der Waals surface area contributed by atoms with E-state index in [0.717, 1.165) is 5.56 Å². The second kappa shape index (κ2) is 12.3. The molecule has 0 spiro atoms. The first-order valence-electron chi connectivity index (χ1n) is 7.74. The second-order valence-corrected chi connectivity index (χ2v) is 5.14. The van der Waals surface area contributed by atoms with Crippen LogP contribution in [-0.2, 0) is 6.42 Å². The molecular weight excluding hydrogens is 437 g/mol. The first kappa shape index (κ1) is 22.9.